The average molecular weight is 298 g/mol. The van der Waals surface area contributed by atoms with Crippen LogP contribution >= 0.6 is 15.9 Å². The Labute approximate surface area is 112 Å². The minimum Gasteiger partial charge on any atom is -0.496 e. The molecule has 1 saturated carbocycles. The lowest BCUT2D eigenvalue weighted by atomic mass is 9.91. The number of halogens is 1. The molecular formula is C14H20BrNO. The van der Waals surface area contributed by atoms with Gasteiger partial charge in [0.2, 0.25) is 0 Å². The van der Waals surface area contributed by atoms with Crippen molar-refractivity contribution in [2.24, 2.45) is 5.73 Å². The predicted octanol–water partition coefficient (Wildman–Crippen LogP) is 3.61. The zero-order chi connectivity index (χ0) is 12.6. The third-order valence-corrected chi connectivity index (χ3v) is 3.88. The van der Waals surface area contributed by atoms with Gasteiger partial charge in [-0.15, -0.1) is 0 Å². The van der Waals surface area contributed by atoms with Gasteiger partial charge in [-0.05, 0) is 48.4 Å². The number of methoxy groups -OCH3 is 1. The van der Waals surface area contributed by atoms with Crippen molar-refractivity contribution in [3.63, 3.8) is 0 Å². The van der Waals surface area contributed by atoms with E-state index in [0.717, 1.165) is 29.5 Å². The molecule has 1 aromatic carbocycles. The minimum absolute atomic E-state index is 0.0371. The maximum absolute atomic E-state index is 6.23. The summed E-state index contributed by atoms with van der Waals surface area (Å²) in [5.74, 6) is 1.42. The normalized spacial score (nSPS) is 17.3. The van der Waals surface area contributed by atoms with Gasteiger partial charge in [0, 0.05) is 10.0 Å². The first-order valence-electron chi connectivity index (χ1n) is 6.10. The molecule has 2 rings (SSSR count). The first-order valence-corrected chi connectivity index (χ1v) is 6.90. The minimum atomic E-state index is 0.0371. The van der Waals surface area contributed by atoms with Gasteiger partial charge in [0.15, 0.2) is 0 Å². The van der Waals surface area contributed by atoms with Gasteiger partial charge < -0.3 is 10.5 Å². The molecular weight excluding hydrogens is 278 g/mol. The van der Waals surface area contributed by atoms with Crippen LogP contribution in [0.15, 0.2) is 16.6 Å². The largest absolute Gasteiger partial charge is 0.496 e. The van der Waals surface area contributed by atoms with E-state index in [2.05, 4.69) is 35.8 Å². The van der Waals surface area contributed by atoms with Crippen molar-refractivity contribution in [2.75, 3.05) is 7.11 Å². The Morgan fingerprint density at radius 3 is 2.53 bits per heavy atom. The first-order chi connectivity index (χ1) is 7.95. The van der Waals surface area contributed by atoms with Gasteiger partial charge in [-0.25, -0.2) is 0 Å². The Morgan fingerprint density at radius 1 is 1.41 bits per heavy atom. The van der Waals surface area contributed by atoms with Gasteiger partial charge in [0.05, 0.1) is 7.11 Å². The van der Waals surface area contributed by atoms with E-state index in [-0.39, 0.29) is 5.54 Å². The van der Waals surface area contributed by atoms with E-state index >= 15 is 0 Å². The molecule has 1 aliphatic carbocycles. The summed E-state index contributed by atoms with van der Waals surface area (Å²) in [6.45, 7) is 4.40. The average Bonchev–Trinajstić information content (AvgIpc) is 2.94. The molecule has 2 nitrogen and oxygen atoms in total. The molecule has 94 valence electrons. The molecule has 3 heteroatoms. The molecule has 17 heavy (non-hydrogen) atoms. The molecule has 0 bridgehead atoms. The molecule has 0 atom stereocenters. The molecule has 2 N–H and O–H groups in total. The van der Waals surface area contributed by atoms with Crippen LogP contribution in [-0.2, 0) is 6.42 Å². The summed E-state index contributed by atoms with van der Waals surface area (Å²) in [7, 11) is 1.73. The van der Waals surface area contributed by atoms with Crippen LogP contribution in [-0.4, -0.2) is 12.6 Å². The Morgan fingerprint density at radius 2 is 2.06 bits per heavy atom. The van der Waals surface area contributed by atoms with Crippen LogP contribution in [0.2, 0.25) is 0 Å². The van der Waals surface area contributed by atoms with Crippen molar-refractivity contribution in [3.05, 3.63) is 27.7 Å². The zero-order valence-corrected chi connectivity index (χ0v) is 12.3. The number of nitrogens with two attached hydrogens (primary N) is 1. The topological polar surface area (TPSA) is 35.2 Å². The summed E-state index contributed by atoms with van der Waals surface area (Å²) in [6.07, 6.45) is 3.23. The van der Waals surface area contributed by atoms with E-state index in [1.54, 1.807) is 7.11 Å². The Bertz CT molecular complexity index is 424. The highest BCUT2D eigenvalue weighted by molar-refractivity contribution is 9.10. The molecule has 1 aliphatic rings. The van der Waals surface area contributed by atoms with Gasteiger partial charge in [-0.1, -0.05) is 29.8 Å². The molecule has 0 aromatic heterocycles. The third-order valence-electron chi connectivity index (χ3n) is 3.42. The molecule has 0 heterocycles. The van der Waals surface area contributed by atoms with Crippen molar-refractivity contribution in [3.8, 4) is 5.75 Å². The molecule has 0 radical (unpaired) electrons. The molecule has 1 fully saturated rings. The lowest BCUT2D eigenvalue weighted by molar-refractivity contribution is 0.406. The fraction of sp³-hybridized carbons (Fsp3) is 0.571. The van der Waals surface area contributed by atoms with Crippen LogP contribution in [0.1, 0.15) is 43.7 Å². The second-order valence-electron chi connectivity index (χ2n) is 5.37. The van der Waals surface area contributed by atoms with Crippen molar-refractivity contribution in [1.29, 1.82) is 0 Å². The second-order valence-corrected chi connectivity index (χ2v) is 6.29. The number of benzene rings is 1. The van der Waals surface area contributed by atoms with E-state index in [4.69, 9.17) is 10.5 Å². The smallest absolute Gasteiger partial charge is 0.123 e. The van der Waals surface area contributed by atoms with Crippen molar-refractivity contribution >= 4 is 15.9 Å². The highest BCUT2D eigenvalue weighted by Gasteiger charge is 2.39. The van der Waals surface area contributed by atoms with Crippen LogP contribution in [0.5, 0.6) is 5.75 Å². The molecule has 0 saturated heterocycles. The molecule has 0 unspecified atom stereocenters. The summed E-state index contributed by atoms with van der Waals surface area (Å²) in [6, 6.07) is 4.22. The Kier molecular flexibility index (Phi) is 3.50. The number of hydrogen-bond acceptors (Lipinski definition) is 2. The summed E-state index contributed by atoms with van der Waals surface area (Å²) in [5, 5.41) is 0. The maximum Gasteiger partial charge on any atom is 0.123 e. The van der Waals surface area contributed by atoms with Gasteiger partial charge >= 0.3 is 0 Å². The monoisotopic (exact) mass is 297 g/mol. The summed E-state index contributed by atoms with van der Waals surface area (Å²) in [5.41, 5.74) is 8.89. The van der Waals surface area contributed by atoms with Crippen molar-refractivity contribution in [2.45, 2.75) is 44.6 Å². The highest BCUT2D eigenvalue weighted by Crippen LogP contribution is 2.40. The molecule has 0 spiro atoms. The van der Waals surface area contributed by atoms with E-state index in [9.17, 15) is 0 Å². The van der Waals surface area contributed by atoms with Crippen LogP contribution in [0.25, 0.3) is 0 Å². The van der Waals surface area contributed by atoms with Crippen LogP contribution in [0.4, 0.5) is 0 Å². The number of rotatable bonds is 4. The molecule has 1 aromatic rings. The predicted molar refractivity (Wildman–Crippen MR) is 74.6 cm³/mol. The van der Waals surface area contributed by atoms with E-state index in [1.165, 1.54) is 11.1 Å². The standard InChI is InChI=1S/C14H20BrNO/c1-9(2)13-10(8-14(16)4-5-14)6-11(15)7-12(13)17-3/h6-7,9H,4-5,8,16H2,1-3H3. The Balaban J connectivity index is 2.43. The van der Waals surface area contributed by atoms with Crippen molar-refractivity contribution < 1.29 is 4.74 Å². The maximum atomic E-state index is 6.23. The third kappa shape index (κ3) is 2.83. The Hall–Kier alpha value is -0.540. The van der Waals surface area contributed by atoms with Gasteiger partial charge in [-0.3, -0.25) is 0 Å². The van der Waals surface area contributed by atoms with E-state index in [0.29, 0.717) is 5.92 Å². The summed E-state index contributed by atoms with van der Waals surface area (Å²) < 4.78 is 6.56. The fourth-order valence-electron chi connectivity index (χ4n) is 2.33. The highest BCUT2D eigenvalue weighted by atomic mass is 79.9. The van der Waals surface area contributed by atoms with Gasteiger partial charge in [0.25, 0.3) is 0 Å². The van der Waals surface area contributed by atoms with Crippen LogP contribution < -0.4 is 10.5 Å². The quantitative estimate of drug-likeness (QED) is 0.921. The summed E-state index contributed by atoms with van der Waals surface area (Å²) >= 11 is 3.54. The first kappa shape index (κ1) is 12.9. The van der Waals surface area contributed by atoms with Crippen LogP contribution in [0.3, 0.4) is 0 Å². The van der Waals surface area contributed by atoms with E-state index in [1.807, 2.05) is 6.07 Å². The van der Waals surface area contributed by atoms with Crippen LogP contribution in [0, 0.1) is 0 Å². The van der Waals surface area contributed by atoms with E-state index < -0.39 is 0 Å². The summed E-state index contributed by atoms with van der Waals surface area (Å²) in [4.78, 5) is 0. The SMILES string of the molecule is COc1cc(Br)cc(CC2(N)CC2)c1C(C)C. The fourth-order valence-corrected chi connectivity index (χ4v) is 2.82. The second kappa shape index (κ2) is 4.62. The van der Waals surface area contributed by atoms with Gasteiger partial charge in [-0.2, -0.15) is 0 Å². The number of ether oxygens (including phenoxy) is 1. The number of hydrogen-bond donors (Lipinski definition) is 1. The lowest BCUT2D eigenvalue weighted by Gasteiger charge is -2.20. The van der Waals surface area contributed by atoms with Crippen molar-refractivity contribution in [1.82, 2.24) is 0 Å². The molecule has 0 amide bonds. The lowest BCUT2D eigenvalue weighted by Crippen LogP contribution is -2.25. The molecule has 0 aliphatic heterocycles. The zero-order valence-electron chi connectivity index (χ0n) is 10.7. The van der Waals surface area contributed by atoms with Gasteiger partial charge in [0.1, 0.15) is 5.75 Å².